The van der Waals surface area contributed by atoms with Gasteiger partial charge in [0.05, 0.1) is 7.11 Å². The van der Waals surface area contributed by atoms with Gasteiger partial charge in [-0.05, 0) is 24.6 Å². The van der Waals surface area contributed by atoms with E-state index in [0.29, 0.717) is 12.1 Å². The van der Waals surface area contributed by atoms with Crippen LogP contribution in [0, 0.1) is 0 Å². The van der Waals surface area contributed by atoms with Crippen molar-refractivity contribution in [3.05, 3.63) is 65.7 Å². The van der Waals surface area contributed by atoms with Crippen molar-refractivity contribution in [2.45, 2.75) is 25.0 Å². The van der Waals surface area contributed by atoms with Crippen molar-refractivity contribution in [2.24, 2.45) is 0 Å². The highest BCUT2D eigenvalue weighted by atomic mass is 16.5. The summed E-state index contributed by atoms with van der Waals surface area (Å²) < 4.78 is 5.42. The monoisotopic (exact) mass is 282 g/mol. The highest BCUT2D eigenvalue weighted by molar-refractivity contribution is 5.33. The van der Waals surface area contributed by atoms with Crippen molar-refractivity contribution in [3.63, 3.8) is 0 Å². The van der Waals surface area contributed by atoms with E-state index in [1.54, 1.807) is 7.11 Å². The van der Waals surface area contributed by atoms with Gasteiger partial charge in [0.1, 0.15) is 5.75 Å². The van der Waals surface area contributed by atoms with Gasteiger partial charge in [-0.15, -0.1) is 0 Å². The number of para-hydroxylation sites is 1. The fourth-order valence-electron chi connectivity index (χ4n) is 3.02. The maximum Gasteiger partial charge on any atom is 0.123 e. The molecule has 0 bridgehead atoms. The number of hydrogen-bond donors (Lipinski definition) is 2. The summed E-state index contributed by atoms with van der Waals surface area (Å²) in [6.45, 7) is 1.89. The summed E-state index contributed by atoms with van der Waals surface area (Å²) in [5.74, 6) is 0.951. The lowest BCUT2D eigenvalue weighted by molar-refractivity contribution is 0.401. The molecule has 1 heterocycles. The molecule has 2 aromatic rings. The van der Waals surface area contributed by atoms with Crippen molar-refractivity contribution < 1.29 is 4.74 Å². The summed E-state index contributed by atoms with van der Waals surface area (Å²) in [4.78, 5) is 0. The molecular weight excluding hydrogens is 260 g/mol. The molecule has 2 aromatic carbocycles. The van der Waals surface area contributed by atoms with Crippen LogP contribution >= 0.6 is 0 Å². The molecular formula is C18H22N2O. The van der Waals surface area contributed by atoms with E-state index in [1.807, 2.05) is 12.1 Å². The van der Waals surface area contributed by atoms with Crippen LogP contribution in [0.3, 0.4) is 0 Å². The van der Waals surface area contributed by atoms with Gasteiger partial charge in [-0.2, -0.15) is 0 Å². The van der Waals surface area contributed by atoms with Gasteiger partial charge in [0.15, 0.2) is 0 Å². The van der Waals surface area contributed by atoms with Crippen molar-refractivity contribution in [3.8, 4) is 5.75 Å². The summed E-state index contributed by atoms with van der Waals surface area (Å²) in [5, 5.41) is 7.27. The lowest BCUT2D eigenvalue weighted by Crippen LogP contribution is -2.34. The highest BCUT2D eigenvalue weighted by Gasteiger charge is 2.27. The van der Waals surface area contributed by atoms with E-state index in [-0.39, 0.29) is 0 Å². The molecule has 0 amide bonds. The number of methoxy groups -OCH3 is 1. The Bertz CT molecular complexity index is 570. The fourth-order valence-corrected chi connectivity index (χ4v) is 3.02. The molecule has 1 saturated heterocycles. The smallest absolute Gasteiger partial charge is 0.123 e. The van der Waals surface area contributed by atoms with Crippen LogP contribution in [-0.2, 0) is 6.54 Å². The quantitative estimate of drug-likeness (QED) is 0.884. The lowest BCUT2D eigenvalue weighted by Gasteiger charge is -2.22. The predicted molar refractivity (Wildman–Crippen MR) is 85.4 cm³/mol. The van der Waals surface area contributed by atoms with Crippen LogP contribution in [0.25, 0.3) is 0 Å². The Morgan fingerprint density at radius 2 is 1.86 bits per heavy atom. The molecule has 2 N–H and O–H groups in total. The zero-order valence-electron chi connectivity index (χ0n) is 12.4. The van der Waals surface area contributed by atoms with Crippen LogP contribution in [0.1, 0.15) is 23.6 Å². The van der Waals surface area contributed by atoms with Gasteiger partial charge in [-0.3, -0.25) is 0 Å². The first-order valence-corrected chi connectivity index (χ1v) is 7.52. The topological polar surface area (TPSA) is 33.3 Å². The number of ether oxygens (including phenoxy) is 1. The van der Waals surface area contributed by atoms with Crippen molar-refractivity contribution in [2.75, 3.05) is 13.7 Å². The fraction of sp³-hybridized carbons (Fsp3) is 0.333. The van der Waals surface area contributed by atoms with Crippen molar-refractivity contribution in [1.82, 2.24) is 10.6 Å². The van der Waals surface area contributed by atoms with Gasteiger partial charge in [-0.1, -0.05) is 48.5 Å². The SMILES string of the molecule is COc1ccccc1CNC1CCNC1c1ccccc1. The van der Waals surface area contributed by atoms with Gasteiger partial charge in [0, 0.05) is 24.2 Å². The molecule has 0 saturated carbocycles. The molecule has 0 aromatic heterocycles. The largest absolute Gasteiger partial charge is 0.496 e. The minimum absolute atomic E-state index is 0.390. The Morgan fingerprint density at radius 3 is 2.67 bits per heavy atom. The summed E-state index contributed by atoms with van der Waals surface area (Å²) in [5.41, 5.74) is 2.56. The molecule has 0 spiro atoms. The molecule has 2 atom stereocenters. The first kappa shape index (κ1) is 14.1. The van der Waals surface area contributed by atoms with E-state index in [2.05, 4.69) is 53.1 Å². The van der Waals surface area contributed by atoms with Crippen LogP contribution in [-0.4, -0.2) is 19.7 Å². The first-order chi connectivity index (χ1) is 10.4. The zero-order valence-corrected chi connectivity index (χ0v) is 12.4. The number of hydrogen-bond acceptors (Lipinski definition) is 3. The minimum Gasteiger partial charge on any atom is -0.496 e. The molecule has 3 heteroatoms. The zero-order chi connectivity index (χ0) is 14.5. The van der Waals surface area contributed by atoms with E-state index in [0.717, 1.165) is 25.3 Å². The molecule has 0 aliphatic carbocycles. The Labute approximate surface area is 126 Å². The third kappa shape index (κ3) is 3.26. The third-order valence-electron chi connectivity index (χ3n) is 4.13. The maximum absolute atomic E-state index is 5.42. The summed E-state index contributed by atoms with van der Waals surface area (Å²) in [6.07, 6.45) is 1.15. The number of benzene rings is 2. The van der Waals surface area contributed by atoms with Gasteiger partial charge < -0.3 is 15.4 Å². The molecule has 3 nitrogen and oxygen atoms in total. The third-order valence-corrected chi connectivity index (χ3v) is 4.13. The molecule has 21 heavy (non-hydrogen) atoms. The van der Waals surface area contributed by atoms with Crippen LogP contribution in [0.2, 0.25) is 0 Å². The molecule has 1 aliphatic rings. The predicted octanol–water partition coefficient (Wildman–Crippen LogP) is 2.89. The molecule has 0 radical (unpaired) electrons. The van der Waals surface area contributed by atoms with E-state index in [9.17, 15) is 0 Å². The van der Waals surface area contributed by atoms with Crippen LogP contribution < -0.4 is 15.4 Å². The summed E-state index contributed by atoms with van der Waals surface area (Å²) >= 11 is 0. The first-order valence-electron chi connectivity index (χ1n) is 7.52. The average Bonchev–Trinajstić information content (AvgIpc) is 3.02. The van der Waals surface area contributed by atoms with E-state index >= 15 is 0 Å². The van der Waals surface area contributed by atoms with Gasteiger partial charge in [0.2, 0.25) is 0 Å². The van der Waals surface area contributed by atoms with Gasteiger partial charge in [0.25, 0.3) is 0 Å². The van der Waals surface area contributed by atoms with E-state index < -0.39 is 0 Å². The van der Waals surface area contributed by atoms with Crippen molar-refractivity contribution >= 4 is 0 Å². The standard InChI is InChI=1S/C18H22N2O/c1-21-17-10-6-5-9-15(17)13-20-16-11-12-19-18(16)14-7-3-2-4-8-14/h2-10,16,18-20H,11-13H2,1H3. The van der Waals surface area contributed by atoms with E-state index in [4.69, 9.17) is 4.74 Å². The summed E-state index contributed by atoms with van der Waals surface area (Å²) in [6, 6.07) is 19.7. The number of nitrogens with one attached hydrogen (secondary N) is 2. The minimum atomic E-state index is 0.390. The molecule has 2 unspecified atom stereocenters. The second-order valence-corrected chi connectivity index (χ2v) is 5.43. The Balaban J connectivity index is 1.67. The average molecular weight is 282 g/mol. The van der Waals surface area contributed by atoms with Gasteiger partial charge in [-0.25, -0.2) is 0 Å². The second kappa shape index (κ2) is 6.74. The second-order valence-electron chi connectivity index (χ2n) is 5.43. The Morgan fingerprint density at radius 1 is 1.10 bits per heavy atom. The van der Waals surface area contributed by atoms with Crippen molar-refractivity contribution in [1.29, 1.82) is 0 Å². The number of rotatable bonds is 5. The summed E-state index contributed by atoms with van der Waals surface area (Å²) in [7, 11) is 1.72. The van der Waals surface area contributed by atoms with Gasteiger partial charge >= 0.3 is 0 Å². The Hall–Kier alpha value is -1.84. The molecule has 1 fully saturated rings. The molecule has 110 valence electrons. The van der Waals surface area contributed by atoms with Crippen LogP contribution in [0.4, 0.5) is 0 Å². The van der Waals surface area contributed by atoms with Crippen LogP contribution in [0.15, 0.2) is 54.6 Å². The van der Waals surface area contributed by atoms with Crippen LogP contribution in [0.5, 0.6) is 5.75 Å². The van der Waals surface area contributed by atoms with E-state index in [1.165, 1.54) is 11.1 Å². The normalized spacial score (nSPS) is 21.4. The molecule has 3 rings (SSSR count). The lowest BCUT2D eigenvalue weighted by atomic mass is 10.0. The maximum atomic E-state index is 5.42. The molecule has 1 aliphatic heterocycles. The Kier molecular flexibility index (Phi) is 4.53. The highest BCUT2D eigenvalue weighted by Crippen LogP contribution is 2.25.